The SMILES string of the molecule is CSc1nc2ccc(NC(=O)CNC(=O)NCc3ccc(C)cc3)cc2s1. The molecule has 2 aromatic carbocycles. The van der Waals surface area contributed by atoms with Crippen LogP contribution in [-0.2, 0) is 11.3 Å². The van der Waals surface area contributed by atoms with Crippen LogP contribution >= 0.6 is 23.1 Å². The lowest BCUT2D eigenvalue weighted by Gasteiger charge is -2.09. The number of aryl methyl sites for hydroxylation is 1. The lowest BCUT2D eigenvalue weighted by molar-refractivity contribution is -0.115. The Labute approximate surface area is 165 Å². The average Bonchev–Trinajstić information content (AvgIpc) is 3.08. The molecule has 0 spiro atoms. The minimum atomic E-state index is -0.381. The maximum absolute atomic E-state index is 12.1. The molecule has 3 N–H and O–H groups in total. The Morgan fingerprint density at radius 1 is 1.11 bits per heavy atom. The monoisotopic (exact) mass is 400 g/mol. The molecule has 0 saturated carbocycles. The second-order valence-corrected chi connectivity index (χ2v) is 8.02. The normalized spacial score (nSPS) is 10.6. The fourth-order valence-electron chi connectivity index (χ4n) is 2.39. The maximum Gasteiger partial charge on any atom is 0.315 e. The van der Waals surface area contributed by atoms with Crippen LogP contribution in [0.4, 0.5) is 10.5 Å². The summed E-state index contributed by atoms with van der Waals surface area (Å²) in [5.74, 6) is -0.283. The molecule has 1 aromatic heterocycles. The van der Waals surface area contributed by atoms with Crippen LogP contribution in [0.2, 0.25) is 0 Å². The third-order valence-corrected chi connectivity index (χ3v) is 5.81. The highest BCUT2D eigenvalue weighted by Gasteiger charge is 2.08. The van der Waals surface area contributed by atoms with E-state index in [1.807, 2.05) is 55.6 Å². The quantitative estimate of drug-likeness (QED) is 0.550. The topological polar surface area (TPSA) is 83.1 Å². The predicted molar refractivity (Wildman–Crippen MR) is 111 cm³/mol. The van der Waals surface area contributed by atoms with Gasteiger partial charge in [-0.25, -0.2) is 9.78 Å². The average molecular weight is 401 g/mol. The maximum atomic E-state index is 12.1. The van der Waals surface area contributed by atoms with E-state index in [0.29, 0.717) is 12.2 Å². The first-order valence-corrected chi connectivity index (χ1v) is 10.4. The van der Waals surface area contributed by atoms with E-state index in [1.54, 1.807) is 23.1 Å². The van der Waals surface area contributed by atoms with Crippen LogP contribution in [0.3, 0.4) is 0 Å². The summed E-state index contributed by atoms with van der Waals surface area (Å²) in [7, 11) is 0. The fourth-order valence-corrected chi connectivity index (χ4v) is 3.91. The van der Waals surface area contributed by atoms with Gasteiger partial charge in [0, 0.05) is 12.2 Å². The molecular formula is C19H20N4O2S2. The first-order chi connectivity index (χ1) is 13.0. The van der Waals surface area contributed by atoms with Gasteiger partial charge in [0.15, 0.2) is 4.34 Å². The van der Waals surface area contributed by atoms with Crippen LogP contribution in [0.1, 0.15) is 11.1 Å². The van der Waals surface area contributed by atoms with Crippen LogP contribution in [0.5, 0.6) is 0 Å². The van der Waals surface area contributed by atoms with Crippen molar-refractivity contribution < 1.29 is 9.59 Å². The van der Waals surface area contributed by atoms with Gasteiger partial charge < -0.3 is 16.0 Å². The summed E-state index contributed by atoms with van der Waals surface area (Å²) in [6.45, 7) is 2.32. The highest BCUT2D eigenvalue weighted by Crippen LogP contribution is 2.29. The summed E-state index contributed by atoms with van der Waals surface area (Å²) >= 11 is 3.18. The molecule has 1 heterocycles. The van der Waals surface area contributed by atoms with Crippen LogP contribution in [0.15, 0.2) is 46.8 Å². The first kappa shape index (κ1) is 19.2. The van der Waals surface area contributed by atoms with E-state index in [0.717, 1.165) is 20.1 Å². The molecule has 0 atom stereocenters. The van der Waals surface area contributed by atoms with E-state index in [2.05, 4.69) is 20.9 Å². The van der Waals surface area contributed by atoms with Crippen molar-refractivity contribution in [2.45, 2.75) is 17.8 Å². The van der Waals surface area contributed by atoms with E-state index < -0.39 is 0 Å². The molecule has 0 fully saturated rings. The van der Waals surface area contributed by atoms with Crippen molar-refractivity contribution in [3.63, 3.8) is 0 Å². The lowest BCUT2D eigenvalue weighted by atomic mass is 10.1. The number of aromatic nitrogens is 1. The summed E-state index contributed by atoms with van der Waals surface area (Å²) in [6, 6.07) is 13.1. The molecule has 27 heavy (non-hydrogen) atoms. The third-order valence-electron chi connectivity index (χ3n) is 3.81. The van der Waals surface area contributed by atoms with Crippen molar-refractivity contribution >= 4 is 50.9 Å². The highest BCUT2D eigenvalue weighted by atomic mass is 32.2. The standard InChI is InChI=1S/C19H20N4O2S2/c1-12-3-5-13(6-4-12)10-20-18(25)21-11-17(24)22-14-7-8-15-16(9-14)27-19(23-15)26-2/h3-9H,10-11H2,1-2H3,(H,22,24)(H2,20,21,25). The minimum Gasteiger partial charge on any atom is -0.334 e. The number of fused-ring (bicyclic) bond motifs is 1. The molecule has 140 valence electrons. The van der Waals surface area contributed by atoms with Gasteiger partial charge in [0.1, 0.15) is 0 Å². The first-order valence-electron chi connectivity index (χ1n) is 8.35. The van der Waals surface area contributed by atoms with Gasteiger partial charge in [-0.2, -0.15) is 0 Å². The van der Waals surface area contributed by atoms with Crippen molar-refractivity contribution in [2.24, 2.45) is 0 Å². The summed E-state index contributed by atoms with van der Waals surface area (Å²) in [5.41, 5.74) is 3.77. The Hall–Kier alpha value is -2.58. The minimum absolute atomic E-state index is 0.101. The van der Waals surface area contributed by atoms with Gasteiger partial charge in [-0.3, -0.25) is 4.79 Å². The summed E-state index contributed by atoms with van der Waals surface area (Å²) in [5, 5.41) is 8.08. The van der Waals surface area contributed by atoms with Gasteiger partial charge >= 0.3 is 6.03 Å². The van der Waals surface area contributed by atoms with Gasteiger partial charge in [-0.1, -0.05) is 41.6 Å². The van der Waals surface area contributed by atoms with Crippen LogP contribution in [-0.4, -0.2) is 29.7 Å². The molecule has 0 saturated heterocycles. The van der Waals surface area contributed by atoms with Gasteiger partial charge in [-0.15, -0.1) is 11.3 Å². The molecule has 0 radical (unpaired) electrons. The molecule has 0 bridgehead atoms. The number of hydrogen-bond acceptors (Lipinski definition) is 5. The van der Waals surface area contributed by atoms with Crippen molar-refractivity contribution in [1.29, 1.82) is 0 Å². The molecule has 0 unspecified atom stereocenters. The zero-order valence-corrected chi connectivity index (χ0v) is 16.7. The van der Waals surface area contributed by atoms with E-state index in [1.165, 1.54) is 5.56 Å². The molecule has 3 amide bonds. The number of thioether (sulfide) groups is 1. The Morgan fingerprint density at radius 2 is 1.89 bits per heavy atom. The third kappa shape index (κ3) is 5.45. The van der Waals surface area contributed by atoms with Crippen molar-refractivity contribution in [3.05, 3.63) is 53.6 Å². The number of carbonyl (C=O) groups excluding carboxylic acids is 2. The van der Waals surface area contributed by atoms with Crippen LogP contribution < -0.4 is 16.0 Å². The smallest absolute Gasteiger partial charge is 0.315 e. The Kier molecular flexibility index (Phi) is 6.31. The molecular weight excluding hydrogens is 380 g/mol. The Balaban J connectivity index is 1.46. The van der Waals surface area contributed by atoms with E-state index in [9.17, 15) is 9.59 Å². The van der Waals surface area contributed by atoms with Crippen molar-refractivity contribution in [1.82, 2.24) is 15.6 Å². The molecule has 8 heteroatoms. The van der Waals surface area contributed by atoms with Crippen molar-refractivity contribution in [3.8, 4) is 0 Å². The molecule has 0 aliphatic heterocycles. The number of benzene rings is 2. The molecule has 3 aromatic rings. The number of urea groups is 1. The predicted octanol–water partition coefficient (Wildman–Crippen LogP) is 3.76. The number of anilines is 1. The van der Waals surface area contributed by atoms with Gasteiger partial charge in [0.25, 0.3) is 0 Å². The zero-order valence-electron chi connectivity index (χ0n) is 15.0. The molecule has 6 nitrogen and oxygen atoms in total. The largest absolute Gasteiger partial charge is 0.334 e. The number of nitrogens with one attached hydrogen (secondary N) is 3. The Morgan fingerprint density at radius 3 is 2.63 bits per heavy atom. The summed E-state index contributed by atoms with van der Waals surface area (Å²) in [6.07, 6.45) is 1.98. The van der Waals surface area contributed by atoms with Gasteiger partial charge in [0.2, 0.25) is 5.91 Å². The molecule has 3 rings (SSSR count). The van der Waals surface area contributed by atoms with E-state index in [4.69, 9.17) is 0 Å². The summed E-state index contributed by atoms with van der Waals surface area (Å²) < 4.78 is 2.00. The number of rotatable bonds is 6. The molecule has 0 aliphatic rings. The summed E-state index contributed by atoms with van der Waals surface area (Å²) in [4.78, 5) is 28.4. The molecule has 0 aliphatic carbocycles. The fraction of sp³-hybridized carbons (Fsp3) is 0.211. The second kappa shape index (κ2) is 8.88. The number of thiazole rings is 1. The number of carbonyl (C=O) groups is 2. The van der Waals surface area contributed by atoms with Crippen LogP contribution in [0, 0.1) is 6.92 Å². The highest BCUT2D eigenvalue weighted by molar-refractivity contribution is 8.00. The van der Waals surface area contributed by atoms with Gasteiger partial charge in [0.05, 0.1) is 16.8 Å². The second-order valence-electron chi connectivity index (χ2n) is 5.94. The van der Waals surface area contributed by atoms with Crippen molar-refractivity contribution in [2.75, 3.05) is 18.1 Å². The van der Waals surface area contributed by atoms with Crippen LogP contribution in [0.25, 0.3) is 10.2 Å². The Bertz CT molecular complexity index is 954. The van der Waals surface area contributed by atoms with E-state index >= 15 is 0 Å². The zero-order chi connectivity index (χ0) is 19.2. The number of amides is 3. The number of hydrogen-bond donors (Lipinski definition) is 3. The van der Waals surface area contributed by atoms with E-state index in [-0.39, 0.29) is 18.5 Å². The number of nitrogens with zero attached hydrogens (tertiary/aromatic N) is 1. The van der Waals surface area contributed by atoms with Gasteiger partial charge in [-0.05, 0) is 36.9 Å². The lowest BCUT2D eigenvalue weighted by Crippen LogP contribution is -2.39.